The number of aryl methyl sites for hydroxylation is 4. The third-order valence-corrected chi connectivity index (χ3v) is 5.26. The second kappa shape index (κ2) is 8.16. The molecule has 0 spiro atoms. The maximum Gasteiger partial charge on any atom is 0.288 e. The molecule has 0 unspecified atom stereocenters. The van der Waals surface area contributed by atoms with Gasteiger partial charge >= 0.3 is 0 Å². The van der Waals surface area contributed by atoms with Crippen LogP contribution in [0.2, 0.25) is 0 Å². The standard InChI is InChI=1S/C21H23N7O.ClH/c1-12-6-5-7-13(2)17(12)9-23-18-8-16(28-11-24-20(26-28)19(22)29)10-27-15(4)14(3)25-21(18)27;/h5-8,10-11,23H,9H2,1-4H3,(H2,22,29);1H. The predicted octanol–water partition coefficient (Wildman–Crippen LogP) is 3.28. The molecule has 0 aliphatic rings. The van der Waals surface area contributed by atoms with Crippen molar-refractivity contribution in [2.75, 3.05) is 5.32 Å². The molecule has 4 aromatic rings. The van der Waals surface area contributed by atoms with Crippen LogP contribution in [-0.4, -0.2) is 30.1 Å². The number of hydrogen-bond acceptors (Lipinski definition) is 5. The Morgan fingerprint density at radius 3 is 2.50 bits per heavy atom. The lowest BCUT2D eigenvalue weighted by molar-refractivity contribution is 0.0990. The van der Waals surface area contributed by atoms with E-state index in [2.05, 4.69) is 47.4 Å². The van der Waals surface area contributed by atoms with Crippen LogP contribution in [0.1, 0.15) is 38.7 Å². The molecule has 0 radical (unpaired) electrons. The second-order valence-corrected chi connectivity index (χ2v) is 7.19. The van der Waals surface area contributed by atoms with Gasteiger partial charge in [0.25, 0.3) is 5.91 Å². The molecule has 3 aromatic heterocycles. The molecule has 1 amide bonds. The molecule has 0 saturated heterocycles. The molecule has 8 nitrogen and oxygen atoms in total. The number of carbonyl (C=O) groups excluding carboxylic acids is 1. The summed E-state index contributed by atoms with van der Waals surface area (Å²) in [6.45, 7) is 8.90. The highest BCUT2D eigenvalue weighted by Crippen LogP contribution is 2.25. The summed E-state index contributed by atoms with van der Waals surface area (Å²) in [4.78, 5) is 20.1. The molecule has 0 atom stereocenters. The summed E-state index contributed by atoms with van der Waals surface area (Å²) < 4.78 is 3.56. The van der Waals surface area contributed by atoms with Crippen LogP contribution in [0.4, 0.5) is 5.69 Å². The van der Waals surface area contributed by atoms with E-state index < -0.39 is 5.91 Å². The van der Waals surface area contributed by atoms with Gasteiger partial charge in [-0.05, 0) is 50.5 Å². The Morgan fingerprint density at radius 1 is 1.17 bits per heavy atom. The minimum atomic E-state index is -0.659. The van der Waals surface area contributed by atoms with E-state index in [1.165, 1.54) is 23.0 Å². The van der Waals surface area contributed by atoms with Crippen molar-refractivity contribution in [2.45, 2.75) is 34.2 Å². The monoisotopic (exact) mass is 425 g/mol. The van der Waals surface area contributed by atoms with Gasteiger partial charge in [0.2, 0.25) is 5.82 Å². The van der Waals surface area contributed by atoms with Crippen molar-refractivity contribution < 1.29 is 4.79 Å². The highest BCUT2D eigenvalue weighted by atomic mass is 35.5. The number of halogens is 1. The molecular weight excluding hydrogens is 402 g/mol. The third kappa shape index (κ3) is 3.73. The lowest BCUT2D eigenvalue weighted by atomic mass is 10.0. The topological polar surface area (TPSA) is 103 Å². The fraction of sp³-hybridized carbons (Fsp3) is 0.238. The van der Waals surface area contributed by atoms with E-state index in [-0.39, 0.29) is 18.2 Å². The average molecular weight is 426 g/mol. The second-order valence-electron chi connectivity index (χ2n) is 7.19. The number of imidazole rings is 1. The first-order chi connectivity index (χ1) is 13.8. The van der Waals surface area contributed by atoms with E-state index in [0.717, 1.165) is 28.4 Å². The van der Waals surface area contributed by atoms with Gasteiger partial charge in [-0.15, -0.1) is 17.5 Å². The molecule has 0 saturated carbocycles. The first kappa shape index (κ1) is 21.3. The van der Waals surface area contributed by atoms with E-state index in [1.807, 2.05) is 30.5 Å². The number of anilines is 1. The fourth-order valence-electron chi connectivity index (χ4n) is 3.42. The lowest BCUT2D eigenvalue weighted by Crippen LogP contribution is -2.13. The minimum absolute atomic E-state index is 0. The molecule has 9 heteroatoms. The molecular formula is C21H24ClN7O. The molecule has 0 aliphatic carbocycles. The Morgan fingerprint density at radius 2 is 1.87 bits per heavy atom. The zero-order valence-corrected chi connectivity index (χ0v) is 18.1. The normalized spacial score (nSPS) is 10.8. The number of nitrogens with two attached hydrogens (primary N) is 1. The molecule has 3 heterocycles. The van der Waals surface area contributed by atoms with Gasteiger partial charge < -0.3 is 15.5 Å². The van der Waals surface area contributed by atoms with Crippen molar-refractivity contribution in [2.24, 2.45) is 5.73 Å². The number of benzene rings is 1. The Labute approximate surface area is 180 Å². The van der Waals surface area contributed by atoms with Crippen LogP contribution < -0.4 is 11.1 Å². The van der Waals surface area contributed by atoms with E-state index in [9.17, 15) is 4.79 Å². The van der Waals surface area contributed by atoms with Crippen molar-refractivity contribution in [1.82, 2.24) is 24.1 Å². The van der Waals surface area contributed by atoms with Crippen LogP contribution in [0.3, 0.4) is 0 Å². The summed E-state index contributed by atoms with van der Waals surface area (Å²) in [6, 6.07) is 8.24. The molecule has 30 heavy (non-hydrogen) atoms. The fourth-order valence-corrected chi connectivity index (χ4v) is 3.42. The zero-order valence-electron chi connectivity index (χ0n) is 17.3. The van der Waals surface area contributed by atoms with E-state index in [1.54, 1.807) is 4.68 Å². The van der Waals surface area contributed by atoms with Gasteiger partial charge in [0.05, 0.1) is 17.1 Å². The summed E-state index contributed by atoms with van der Waals surface area (Å²) in [7, 11) is 0. The van der Waals surface area contributed by atoms with Crippen LogP contribution in [0, 0.1) is 27.7 Å². The first-order valence-corrected chi connectivity index (χ1v) is 9.35. The summed E-state index contributed by atoms with van der Waals surface area (Å²) in [5.41, 5.74) is 13.5. The SMILES string of the molecule is Cc1cccc(C)c1CNc1cc(-n2cnc(C(N)=O)n2)cn2c(C)c(C)nc12.Cl. The van der Waals surface area contributed by atoms with Crippen molar-refractivity contribution in [3.05, 3.63) is 70.7 Å². The van der Waals surface area contributed by atoms with Crippen molar-refractivity contribution >= 4 is 29.6 Å². The van der Waals surface area contributed by atoms with Crippen LogP contribution >= 0.6 is 12.4 Å². The highest BCUT2D eigenvalue weighted by molar-refractivity contribution is 5.88. The number of primary amides is 1. The van der Waals surface area contributed by atoms with Crippen molar-refractivity contribution in [3.63, 3.8) is 0 Å². The molecule has 156 valence electrons. The number of nitrogens with zero attached hydrogens (tertiary/aromatic N) is 5. The smallest absolute Gasteiger partial charge is 0.288 e. The Kier molecular flexibility index (Phi) is 5.80. The predicted molar refractivity (Wildman–Crippen MR) is 119 cm³/mol. The highest BCUT2D eigenvalue weighted by Gasteiger charge is 2.14. The Bertz CT molecular complexity index is 1220. The Hall–Kier alpha value is -3.39. The summed E-state index contributed by atoms with van der Waals surface area (Å²) in [5, 5.41) is 7.71. The average Bonchev–Trinajstić information content (AvgIpc) is 3.28. The van der Waals surface area contributed by atoms with E-state index in [4.69, 9.17) is 10.7 Å². The summed E-state index contributed by atoms with van der Waals surface area (Å²) in [5.74, 6) is -0.679. The van der Waals surface area contributed by atoms with Gasteiger partial charge in [0, 0.05) is 18.4 Å². The summed E-state index contributed by atoms with van der Waals surface area (Å²) >= 11 is 0. The minimum Gasteiger partial charge on any atom is -0.378 e. The molecule has 1 aromatic carbocycles. The van der Waals surface area contributed by atoms with Crippen molar-refractivity contribution in [3.8, 4) is 5.69 Å². The van der Waals surface area contributed by atoms with Crippen LogP contribution in [0.5, 0.6) is 0 Å². The largest absolute Gasteiger partial charge is 0.378 e. The quantitative estimate of drug-likeness (QED) is 0.510. The zero-order chi connectivity index (χ0) is 20.7. The van der Waals surface area contributed by atoms with Crippen LogP contribution in [0.15, 0.2) is 36.8 Å². The maximum atomic E-state index is 11.4. The number of nitrogens with one attached hydrogen (secondary N) is 1. The van der Waals surface area contributed by atoms with Gasteiger partial charge in [0.1, 0.15) is 6.33 Å². The number of fused-ring (bicyclic) bond motifs is 1. The first-order valence-electron chi connectivity index (χ1n) is 9.35. The van der Waals surface area contributed by atoms with Crippen LogP contribution in [0.25, 0.3) is 11.3 Å². The van der Waals surface area contributed by atoms with Gasteiger partial charge in [-0.3, -0.25) is 4.79 Å². The molecule has 0 fully saturated rings. The lowest BCUT2D eigenvalue weighted by Gasteiger charge is -2.14. The summed E-state index contributed by atoms with van der Waals surface area (Å²) in [6.07, 6.45) is 3.41. The maximum absolute atomic E-state index is 11.4. The number of hydrogen-bond donors (Lipinski definition) is 2. The number of amides is 1. The van der Waals surface area contributed by atoms with E-state index in [0.29, 0.717) is 6.54 Å². The number of rotatable bonds is 5. The van der Waals surface area contributed by atoms with Gasteiger partial charge in [-0.1, -0.05) is 18.2 Å². The number of carbonyl (C=O) groups is 1. The molecule has 4 rings (SSSR count). The molecule has 0 aliphatic heterocycles. The molecule has 3 N–H and O–H groups in total. The molecule has 0 bridgehead atoms. The van der Waals surface area contributed by atoms with Gasteiger partial charge in [-0.25, -0.2) is 14.6 Å². The van der Waals surface area contributed by atoms with Crippen LogP contribution in [-0.2, 0) is 6.54 Å². The van der Waals surface area contributed by atoms with Gasteiger partial charge in [0.15, 0.2) is 5.65 Å². The number of aromatic nitrogens is 5. The van der Waals surface area contributed by atoms with E-state index >= 15 is 0 Å². The van der Waals surface area contributed by atoms with Crippen molar-refractivity contribution in [1.29, 1.82) is 0 Å². The van der Waals surface area contributed by atoms with Gasteiger partial charge in [-0.2, -0.15) is 0 Å². The third-order valence-electron chi connectivity index (χ3n) is 5.26. The Balaban J connectivity index is 0.00000256. The number of pyridine rings is 1.